The van der Waals surface area contributed by atoms with E-state index in [4.69, 9.17) is 10.1 Å². The van der Waals surface area contributed by atoms with E-state index in [1.54, 1.807) is 7.11 Å². The van der Waals surface area contributed by atoms with Gasteiger partial charge in [-0.1, -0.05) is 38.1 Å². The van der Waals surface area contributed by atoms with Crippen molar-refractivity contribution >= 4 is 5.90 Å². The van der Waals surface area contributed by atoms with Gasteiger partial charge in [0.1, 0.15) is 0 Å². The van der Waals surface area contributed by atoms with Crippen molar-refractivity contribution in [3.63, 3.8) is 0 Å². The summed E-state index contributed by atoms with van der Waals surface area (Å²) in [7, 11) is 1.56. The first-order valence-corrected chi connectivity index (χ1v) is 5.83. The van der Waals surface area contributed by atoms with Gasteiger partial charge in [0.05, 0.1) is 7.11 Å². The van der Waals surface area contributed by atoms with Crippen molar-refractivity contribution in [2.24, 2.45) is 0 Å². The van der Waals surface area contributed by atoms with Gasteiger partial charge in [0.25, 0.3) is 0 Å². The number of methoxy groups -OCH3 is 1. The molecule has 0 saturated heterocycles. The SMILES string of the molecule is COC(=N)CCCc1ccc(C(C)C)cc1. The van der Waals surface area contributed by atoms with Crippen molar-refractivity contribution in [3.8, 4) is 0 Å². The van der Waals surface area contributed by atoms with E-state index in [9.17, 15) is 0 Å². The predicted molar refractivity (Wildman–Crippen MR) is 68.2 cm³/mol. The number of nitrogens with one attached hydrogen (secondary N) is 1. The number of hydrogen-bond acceptors (Lipinski definition) is 2. The smallest absolute Gasteiger partial charge is 0.180 e. The van der Waals surface area contributed by atoms with Crippen LogP contribution in [0.2, 0.25) is 0 Å². The largest absolute Gasteiger partial charge is 0.484 e. The van der Waals surface area contributed by atoms with Gasteiger partial charge in [-0.2, -0.15) is 0 Å². The maximum Gasteiger partial charge on any atom is 0.180 e. The Bertz CT molecular complexity index is 327. The second kappa shape index (κ2) is 6.31. The third-order valence-corrected chi connectivity index (χ3v) is 2.76. The fourth-order valence-corrected chi connectivity index (χ4v) is 1.62. The first-order chi connectivity index (χ1) is 7.63. The van der Waals surface area contributed by atoms with Crippen molar-refractivity contribution in [2.75, 3.05) is 7.11 Å². The third-order valence-electron chi connectivity index (χ3n) is 2.76. The van der Waals surface area contributed by atoms with Crippen LogP contribution in [0.25, 0.3) is 0 Å². The molecule has 2 heteroatoms. The summed E-state index contributed by atoms with van der Waals surface area (Å²) >= 11 is 0. The van der Waals surface area contributed by atoms with E-state index in [0.717, 1.165) is 19.3 Å². The van der Waals surface area contributed by atoms with Gasteiger partial charge in [0.2, 0.25) is 0 Å². The molecule has 0 radical (unpaired) electrons. The quantitative estimate of drug-likeness (QED) is 0.593. The summed E-state index contributed by atoms with van der Waals surface area (Å²) < 4.78 is 4.82. The van der Waals surface area contributed by atoms with Crippen molar-refractivity contribution in [1.29, 1.82) is 5.41 Å². The lowest BCUT2D eigenvalue weighted by Gasteiger charge is -2.07. The number of hydrogen-bond donors (Lipinski definition) is 1. The van der Waals surface area contributed by atoms with E-state index in [2.05, 4.69) is 38.1 Å². The zero-order valence-corrected chi connectivity index (χ0v) is 10.4. The highest BCUT2D eigenvalue weighted by atomic mass is 16.5. The van der Waals surface area contributed by atoms with Crippen LogP contribution in [0.1, 0.15) is 43.7 Å². The Kier molecular flexibility index (Phi) is 5.03. The predicted octanol–water partition coefficient (Wildman–Crippen LogP) is 3.76. The topological polar surface area (TPSA) is 33.1 Å². The minimum absolute atomic E-state index is 0.374. The Morgan fingerprint density at radius 1 is 1.25 bits per heavy atom. The molecule has 0 unspecified atom stereocenters. The number of rotatable bonds is 5. The normalized spacial score (nSPS) is 10.5. The molecule has 0 fully saturated rings. The summed E-state index contributed by atoms with van der Waals surface area (Å²) in [6.07, 6.45) is 2.72. The van der Waals surface area contributed by atoms with Gasteiger partial charge >= 0.3 is 0 Å². The maximum absolute atomic E-state index is 7.37. The minimum Gasteiger partial charge on any atom is -0.484 e. The number of ether oxygens (including phenoxy) is 1. The molecule has 0 amide bonds. The molecule has 0 aliphatic rings. The summed E-state index contributed by atoms with van der Waals surface area (Å²) in [4.78, 5) is 0. The first-order valence-electron chi connectivity index (χ1n) is 5.83. The molecule has 1 N–H and O–H groups in total. The third kappa shape index (κ3) is 4.05. The molecule has 0 saturated carbocycles. The molecule has 0 aliphatic carbocycles. The van der Waals surface area contributed by atoms with Crippen LogP contribution in [-0.2, 0) is 11.2 Å². The molecule has 1 rings (SSSR count). The zero-order chi connectivity index (χ0) is 12.0. The van der Waals surface area contributed by atoms with E-state index < -0.39 is 0 Å². The van der Waals surface area contributed by atoms with Crippen LogP contribution in [0.15, 0.2) is 24.3 Å². The Balaban J connectivity index is 2.40. The van der Waals surface area contributed by atoms with Crippen LogP contribution < -0.4 is 0 Å². The van der Waals surface area contributed by atoms with Gasteiger partial charge in [-0.3, -0.25) is 5.41 Å². The van der Waals surface area contributed by atoms with E-state index in [1.807, 2.05) is 0 Å². The standard InChI is InChI=1S/C14H21NO/c1-11(2)13-9-7-12(8-10-13)5-4-6-14(15)16-3/h7-11,15H,4-6H2,1-3H3. The molecule has 0 aliphatic heterocycles. The van der Waals surface area contributed by atoms with Crippen molar-refractivity contribution in [3.05, 3.63) is 35.4 Å². The van der Waals surface area contributed by atoms with Gasteiger partial charge < -0.3 is 4.74 Å². The molecule has 0 aromatic heterocycles. The first kappa shape index (κ1) is 12.8. The lowest BCUT2D eigenvalue weighted by atomic mass is 10.00. The maximum atomic E-state index is 7.37. The average Bonchev–Trinajstić information content (AvgIpc) is 2.29. The second-order valence-corrected chi connectivity index (χ2v) is 4.38. The van der Waals surface area contributed by atoms with E-state index in [-0.39, 0.29) is 0 Å². The fourth-order valence-electron chi connectivity index (χ4n) is 1.62. The molecule has 0 bridgehead atoms. The van der Waals surface area contributed by atoms with E-state index in [0.29, 0.717) is 11.8 Å². The minimum atomic E-state index is 0.374. The van der Waals surface area contributed by atoms with E-state index in [1.165, 1.54) is 11.1 Å². The molecule has 0 atom stereocenters. The molecule has 16 heavy (non-hydrogen) atoms. The summed E-state index contributed by atoms with van der Waals surface area (Å²) in [5.74, 6) is 0.967. The van der Waals surface area contributed by atoms with Crippen molar-refractivity contribution in [1.82, 2.24) is 0 Å². The molecule has 0 heterocycles. The Labute approximate surface area is 98.1 Å². The Morgan fingerprint density at radius 3 is 2.38 bits per heavy atom. The number of benzene rings is 1. The van der Waals surface area contributed by atoms with Crippen LogP contribution in [0, 0.1) is 5.41 Å². The summed E-state index contributed by atoms with van der Waals surface area (Å²) in [5, 5.41) is 7.37. The van der Waals surface area contributed by atoms with Crippen LogP contribution in [-0.4, -0.2) is 13.0 Å². The Hall–Kier alpha value is -1.31. The molecule has 1 aromatic carbocycles. The highest BCUT2D eigenvalue weighted by Gasteiger charge is 2.00. The van der Waals surface area contributed by atoms with E-state index >= 15 is 0 Å². The second-order valence-electron chi connectivity index (χ2n) is 4.38. The molecule has 0 spiro atoms. The van der Waals surface area contributed by atoms with Gasteiger partial charge in [0.15, 0.2) is 5.90 Å². The average molecular weight is 219 g/mol. The summed E-state index contributed by atoms with van der Waals surface area (Å²) in [5.41, 5.74) is 2.72. The van der Waals surface area contributed by atoms with Gasteiger partial charge in [-0.15, -0.1) is 0 Å². The lowest BCUT2D eigenvalue weighted by Crippen LogP contribution is -1.99. The molecule has 1 aromatic rings. The monoisotopic (exact) mass is 219 g/mol. The van der Waals surface area contributed by atoms with Crippen molar-refractivity contribution in [2.45, 2.75) is 39.0 Å². The highest BCUT2D eigenvalue weighted by molar-refractivity contribution is 5.72. The zero-order valence-electron chi connectivity index (χ0n) is 10.4. The fraction of sp³-hybridized carbons (Fsp3) is 0.500. The van der Waals surface area contributed by atoms with Gasteiger partial charge in [-0.25, -0.2) is 0 Å². The lowest BCUT2D eigenvalue weighted by molar-refractivity contribution is 0.384. The Morgan fingerprint density at radius 2 is 1.88 bits per heavy atom. The summed E-state index contributed by atoms with van der Waals surface area (Å²) in [6, 6.07) is 8.76. The summed E-state index contributed by atoms with van der Waals surface area (Å²) in [6.45, 7) is 4.41. The molecular weight excluding hydrogens is 198 g/mol. The molecule has 88 valence electrons. The number of aryl methyl sites for hydroxylation is 1. The van der Waals surface area contributed by atoms with Gasteiger partial charge in [-0.05, 0) is 29.9 Å². The van der Waals surface area contributed by atoms with Gasteiger partial charge in [0, 0.05) is 6.42 Å². The van der Waals surface area contributed by atoms with Crippen molar-refractivity contribution < 1.29 is 4.74 Å². The highest BCUT2D eigenvalue weighted by Crippen LogP contribution is 2.15. The van der Waals surface area contributed by atoms with Crippen LogP contribution in [0.4, 0.5) is 0 Å². The van der Waals surface area contributed by atoms with Crippen LogP contribution in [0.3, 0.4) is 0 Å². The molecular formula is C14H21NO. The van der Waals surface area contributed by atoms with Crippen LogP contribution in [0.5, 0.6) is 0 Å². The van der Waals surface area contributed by atoms with Crippen LogP contribution >= 0.6 is 0 Å². The molecule has 2 nitrogen and oxygen atoms in total.